The highest BCUT2D eigenvalue weighted by molar-refractivity contribution is 5.92. The first-order chi connectivity index (χ1) is 14.1. The van der Waals surface area contributed by atoms with Crippen LogP contribution in [0.25, 0.3) is 6.08 Å². The fourth-order valence-electron chi connectivity index (χ4n) is 3.40. The fraction of sp³-hybridized carbons (Fsp3) is 0.318. The van der Waals surface area contributed by atoms with Crippen LogP contribution in [-0.2, 0) is 4.79 Å². The Morgan fingerprint density at radius 1 is 0.931 bits per heavy atom. The smallest absolute Gasteiger partial charge is 0.246 e. The normalized spacial score (nSPS) is 14.2. The molecule has 0 atom stereocenters. The quantitative estimate of drug-likeness (QED) is 0.697. The molecular formula is C22H25FN2O4. The monoisotopic (exact) mass is 400 g/mol. The van der Waals surface area contributed by atoms with E-state index in [0.29, 0.717) is 54.7 Å². The number of hydrogen-bond donors (Lipinski definition) is 0. The zero-order chi connectivity index (χ0) is 20.8. The van der Waals surface area contributed by atoms with Crippen molar-refractivity contribution in [1.29, 1.82) is 0 Å². The van der Waals surface area contributed by atoms with E-state index >= 15 is 0 Å². The van der Waals surface area contributed by atoms with Gasteiger partial charge in [-0.05, 0) is 30.3 Å². The van der Waals surface area contributed by atoms with E-state index in [1.54, 1.807) is 49.5 Å². The Balaban J connectivity index is 1.67. The number of hydrogen-bond acceptors (Lipinski definition) is 5. The minimum Gasteiger partial charge on any atom is -0.493 e. The number of methoxy groups -OCH3 is 3. The van der Waals surface area contributed by atoms with E-state index in [1.807, 2.05) is 11.0 Å². The number of carbonyl (C=O) groups excluding carboxylic acids is 1. The fourth-order valence-corrected chi connectivity index (χ4v) is 3.40. The number of halogens is 1. The molecule has 0 bridgehead atoms. The maximum atomic E-state index is 14.0. The summed E-state index contributed by atoms with van der Waals surface area (Å²) in [6.07, 6.45) is 3.22. The summed E-state index contributed by atoms with van der Waals surface area (Å²) in [5, 5.41) is 0. The molecule has 2 aromatic rings. The van der Waals surface area contributed by atoms with Gasteiger partial charge < -0.3 is 24.0 Å². The number of para-hydroxylation sites is 1. The minimum atomic E-state index is -0.243. The Morgan fingerprint density at radius 2 is 1.62 bits per heavy atom. The van der Waals surface area contributed by atoms with Crippen LogP contribution in [0.5, 0.6) is 17.2 Å². The molecule has 1 fully saturated rings. The standard InChI is InChI=1S/C22H25FN2O4/c1-27-19-10-8-16(21(28-2)22(19)29-3)9-11-20(26)25-14-12-24(13-15-25)18-7-5-4-6-17(18)23/h4-11H,12-15H2,1-3H3/b11-9+. The van der Waals surface area contributed by atoms with Gasteiger partial charge in [0.25, 0.3) is 0 Å². The molecule has 0 unspecified atom stereocenters. The molecule has 1 aliphatic heterocycles. The van der Waals surface area contributed by atoms with Gasteiger partial charge in [-0.25, -0.2) is 4.39 Å². The summed E-state index contributed by atoms with van der Waals surface area (Å²) >= 11 is 0. The Morgan fingerprint density at radius 3 is 2.24 bits per heavy atom. The molecule has 0 aromatic heterocycles. The third-order valence-electron chi connectivity index (χ3n) is 4.92. The van der Waals surface area contributed by atoms with Gasteiger partial charge in [0.15, 0.2) is 11.5 Å². The van der Waals surface area contributed by atoms with E-state index in [9.17, 15) is 9.18 Å². The van der Waals surface area contributed by atoms with Gasteiger partial charge in [-0.3, -0.25) is 4.79 Å². The molecule has 6 nitrogen and oxygen atoms in total. The number of amides is 1. The van der Waals surface area contributed by atoms with Crippen molar-refractivity contribution in [3.63, 3.8) is 0 Å². The number of rotatable bonds is 6. The number of piperazine rings is 1. The lowest BCUT2D eigenvalue weighted by atomic mass is 10.1. The number of anilines is 1. The highest BCUT2D eigenvalue weighted by Gasteiger charge is 2.21. The molecule has 154 valence electrons. The first kappa shape index (κ1) is 20.5. The minimum absolute atomic E-state index is 0.102. The molecule has 7 heteroatoms. The summed E-state index contributed by atoms with van der Waals surface area (Å²) in [6, 6.07) is 10.3. The lowest BCUT2D eigenvalue weighted by Gasteiger charge is -2.35. The van der Waals surface area contributed by atoms with Gasteiger partial charge in [0.2, 0.25) is 11.7 Å². The predicted octanol–water partition coefficient (Wildman–Crippen LogP) is 3.21. The van der Waals surface area contributed by atoms with Crippen LogP contribution in [0.4, 0.5) is 10.1 Å². The van der Waals surface area contributed by atoms with Gasteiger partial charge >= 0.3 is 0 Å². The van der Waals surface area contributed by atoms with Crippen molar-refractivity contribution in [3.05, 3.63) is 53.9 Å². The van der Waals surface area contributed by atoms with Crippen LogP contribution in [0, 0.1) is 5.82 Å². The predicted molar refractivity (Wildman–Crippen MR) is 110 cm³/mol. The number of ether oxygens (including phenoxy) is 3. The van der Waals surface area contributed by atoms with E-state index in [2.05, 4.69) is 0 Å². The lowest BCUT2D eigenvalue weighted by Crippen LogP contribution is -2.48. The van der Waals surface area contributed by atoms with Crippen molar-refractivity contribution < 1.29 is 23.4 Å². The average Bonchev–Trinajstić information content (AvgIpc) is 2.77. The van der Waals surface area contributed by atoms with E-state index in [0.717, 1.165) is 0 Å². The summed E-state index contributed by atoms with van der Waals surface area (Å²) in [6.45, 7) is 2.22. The summed E-state index contributed by atoms with van der Waals surface area (Å²) < 4.78 is 30.0. The van der Waals surface area contributed by atoms with Gasteiger partial charge in [-0.2, -0.15) is 0 Å². The van der Waals surface area contributed by atoms with E-state index < -0.39 is 0 Å². The molecule has 2 aromatic carbocycles. The average molecular weight is 400 g/mol. The van der Waals surface area contributed by atoms with Crippen molar-refractivity contribution in [2.24, 2.45) is 0 Å². The summed E-state index contributed by atoms with van der Waals surface area (Å²) in [5.74, 6) is 1.18. The van der Waals surface area contributed by atoms with Crippen LogP contribution in [0.15, 0.2) is 42.5 Å². The van der Waals surface area contributed by atoms with Crippen LogP contribution >= 0.6 is 0 Å². The number of nitrogens with zero attached hydrogens (tertiary/aromatic N) is 2. The Bertz CT molecular complexity index is 892. The second-order valence-corrected chi connectivity index (χ2v) is 6.52. The molecular weight excluding hydrogens is 375 g/mol. The van der Waals surface area contributed by atoms with Crippen molar-refractivity contribution in [2.75, 3.05) is 52.4 Å². The largest absolute Gasteiger partial charge is 0.493 e. The molecule has 0 spiro atoms. The van der Waals surface area contributed by atoms with Gasteiger partial charge in [0.05, 0.1) is 27.0 Å². The molecule has 1 amide bonds. The molecule has 0 aliphatic carbocycles. The van der Waals surface area contributed by atoms with Crippen molar-refractivity contribution in [2.45, 2.75) is 0 Å². The zero-order valence-corrected chi connectivity index (χ0v) is 16.9. The van der Waals surface area contributed by atoms with Gasteiger partial charge in [0.1, 0.15) is 5.82 Å². The molecule has 0 radical (unpaired) electrons. The van der Waals surface area contributed by atoms with E-state index in [-0.39, 0.29) is 11.7 Å². The van der Waals surface area contributed by atoms with Crippen molar-refractivity contribution >= 4 is 17.7 Å². The van der Waals surface area contributed by atoms with Crippen molar-refractivity contribution in [1.82, 2.24) is 4.90 Å². The Hall–Kier alpha value is -3.22. The third-order valence-corrected chi connectivity index (χ3v) is 4.92. The molecule has 3 rings (SSSR count). The highest BCUT2D eigenvalue weighted by atomic mass is 19.1. The second kappa shape index (κ2) is 9.32. The molecule has 29 heavy (non-hydrogen) atoms. The summed E-state index contributed by atoms with van der Waals surface area (Å²) in [4.78, 5) is 16.3. The zero-order valence-electron chi connectivity index (χ0n) is 16.9. The molecule has 0 saturated carbocycles. The summed E-state index contributed by atoms with van der Waals surface area (Å²) in [5.41, 5.74) is 1.29. The van der Waals surface area contributed by atoms with Gasteiger partial charge in [-0.15, -0.1) is 0 Å². The number of carbonyl (C=O) groups is 1. The molecule has 0 N–H and O–H groups in total. The third kappa shape index (κ3) is 4.45. The van der Waals surface area contributed by atoms with Crippen LogP contribution in [0.2, 0.25) is 0 Å². The van der Waals surface area contributed by atoms with Gasteiger partial charge in [0, 0.05) is 37.8 Å². The first-order valence-electron chi connectivity index (χ1n) is 9.34. The molecule has 1 aliphatic rings. The van der Waals surface area contributed by atoms with Crippen molar-refractivity contribution in [3.8, 4) is 17.2 Å². The maximum absolute atomic E-state index is 14.0. The Labute approximate surface area is 170 Å². The van der Waals surface area contributed by atoms with E-state index in [4.69, 9.17) is 14.2 Å². The van der Waals surface area contributed by atoms with Crippen LogP contribution in [-0.4, -0.2) is 58.3 Å². The molecule has 1 saturated heterocycles. The maximum Gasteiger partial charge on any atom is 0.246 e. The topological polar surface area (TPSA) is 51.2 Å². The molecule has 1 heterocycles. The lowest BCUT2D eigenvalue weighted by molar-refractivity contribution is -0.126. The SMILES string of the molecule is COc1ccc(/C=C/C(=O)N2CCN(c3ccccc3F)CC2)c(OC)c1OC. The summed E-state index contributed by atoms with van der Waals surface area (Å²) in [7, 11) is 4.63. The Kier molecular flexibility index (Phi) is 6.59. The van der Waals surface area contributed by atoms with Crippen LogP contribution < -0.4 is 19.1 Å². The second-order valence-electron chi connectivity index (χ2n) is 6.52. The van der Waals surface area contributed by atoms with E-state index in [1.165, 1.54) is 19.3 Å². The first-order valence-corrected chi connectivity index (χ1v) is 9.34. The number of benzene rings is 2. The van der Waals surface area contributed by atoms with Crippen LogP contribution in [0.3, 0.4) is 0 Å². The van der Waals surface area contributed by atoms with Gasteiger partial charge in [-0.1, -0.05) is 12.1 Å². The highest BCUT2D eigenvalue weighted by Crippen LogP contribution is 2.40. The van der Waals surface area contributed by atoms with Crippen LogP contribution in [0.1, 0.15) is 5.56 Å².